The first-order valence-electron chi connectivity index (χ1n) is 8.66. The topological polar surface area (TPSA) is 76.7 Å². The van der Waals surface area contributed by atoms with Gasteiger partial charge in [-0.25, -0.2) is 0 Å². The Hall–Kier alpha value is -2.80. The van der Waals surface area contributed by atoms with Crippen LogP contribution in [0.15, 0.2) is 46.9 Å². The number of carbonyl (C=O) groups excluding carboxylic acids is 2. The van der Waals surface area contributed by atoms with E-state index < -0.39 is 17.9 Å². The zero-order valence-corrected chi connectivity index (χ0v) is 17.8. The summed E-state index contributed by atoms with van der Waals surface area (Å²) in [5, 5.41) is 0. The van der Waals surface area contributed by atoms with E-state index in [1.165, 1.54) is 6.08 Å². The van der Waals surface area contributed by atoms with Crippen LogP contribution in [0, 0.1) is 13.8 Å². The number of amides is 2. The van der Waals surface area contributed by atoms with E-state index in [4.69, 9.17) is 9.47 Å². The maximum atomic E-state index is 12.2. The molecule has 1 atom stereocenters. The standard InChI is InChI=1S/C21H23BrN2O4/c1-13-6-5-7-18(14(13)2)28-15(3)21(26)24-23-20(25)11-8-16-12-17(22)9-10-19(16)27-4/h5-12,15H,1-4H3,(H,23,25)(H,24,26)/b11-8+. The van der Waals surface area contributed by atoms with Crippen LogP contribution in [0.4, 0.5) is 0 Å². The maximum Gasteiger partial charge on any atom is 0.279 e. The van der Waals surface area contributed by atoms with Crippen LogP contribution in [0.3, 0.4) is 0 Å². The minimum Gasteiger partial charge on any atom is -0.496 e. The molecule has 6 nitrogen and oxygen atoms in total. The highest BCUT2D eigenvalue weighted by atomic mass is 79.9. The van der Waals surface area contributed by atoms with Crippen LogP contribution in [-0.4, -0.2) is 25.0 Å². The summed E-state index contributed by atoms with van der Waals surface area (Å²) < 4.78 is 11.8. The van der Waals surface area contributed by atoms with Crippen LogP contribution in [0.5, 0.6) is 11.5 Å². The zero-order chi connectivity index (χ0) is 20.7. The molecule has 1 unspecified atom stereocenters. The largest absolute Gasteiger partial charge is 0.496 e. The number of methoxy groups -OCH3 is 1. The summed E-state index contributed by atoms with van der Waals surface area (Å²) in [7, 11) is 1.55. The Labute approximate surface area is 173 Å². The van der Waals surface area contributed by atoms with Crippen LogP contribution < -0.4 is 20.3 Å². The fraction of sp³-hybridized carbons (Fsp3) is 0.238. The van der Waals surface area contributed by atoms with E-state index >= 15 is 0 Å². The summed E-state index contributed by atoms with van der Waals surface area (Å²) in [6, 6.07) is 11.1. The minimum atomic E-state index is -0.769. The minimum absolute atomic E-state index is 0.456. The van der Waals surface area contributed by atoms with Gasteiger partial charge in [0.1, 0.15) is 11.5 Å². The van der Waals surface area contributed by atoms with Crippen LogP contribution in [0.25, 0.3) is 6.08 Å². The predicted octanol–water partition coefficient (Wildman–Crippen LogP) is 3.70. The predicted molar refractivity (Wildman–Crippen MR) is 112 cm³/mol. The van der Waals surface area contributed by atoms with Crippen molar-refractivity contribution in [1.29, 1.82) is 0 Å². The molecule has 2 rings (SSSR count). The monoisotopic (exact) mass is 446 g/mol. The van der Waals surface area contributed by atoms with E-state index in [2.05, 4.69) is 26.8 Å². The summed E-state index contributed by atoms with van der Waals surface area (Å²) in [6.07, 6.45) is 2.14. The molecule has 148 valence electrons. The molecule has 0 aromatic heterocycles. The van der Waals surface area contributed by atoms with Crippen LogP contribution in [0.1, 0.15) is 23.6 Å². The molecule has 7 heteroatoms. The molecule has 2 amide bonds. The zero-order valence-electron chi connectivity index (χ0n) is 16.2. The van der Waals surface area contributed by atoms with Gasteiger partial charge in [0.15, 0.2) is 6.10 Å². The third-order valence-corrected chi connectivity index (χ3v) is 4.64. The number of nitrogens with one attached hydrogen (secondary N) is 2. The highest BCUT2D eigenvalue weighted by Gasteiger charge is 2.16. The Kier molecular flexibility index (Phi) is 7.63. The molecule has 0 bridgehead atoms. The van der Waals surface area contributed by atoms with E-state index in [9.17, 15) is 9.59 Å². The van der Waals surface area contributed by atoms with Crippen LogP contribution in [0.2, 0.25) is 0 Å². The number of halogens is 1. The Balaban J connectivity index is 1.90. The van der Waals surface area contributed by atoms with Crippen molar-refractivity contribution in [3.63, 3.8) is 0 Å². The van der Waals surface area contributed by atoms with Crippen molar-refractivity contribution in [2.24, 2.45) is 0 Å². The average molecular weight is 447 g/mol. The molecule has 2 N–H and O–H groups in total. The first kappa shape index (κ1) is 21.5. The number of hydrazine groups is 1. The molecular formula is C21H23BrN2O4. The molecule has 28 heavy (non-hydrogen) atoms. The smallest absolute Gasteiger partial charge is 0.279 e. The molecule has 0 aliphatic heterocycles. The number of rotatable bonds is 6. The fourth-order valence-electron chi connectivity index (χ4n) is 2.36. The van der Waals surface area contributed by atoms with Crippen molar-refractivity contribution in [3.05, 3.63) is 63.6 Å². The van der Waals surface area contributed by atoms with Crippen molar-refractivity contribution in [1.82, 2.24) is 10.9 Å². The molecule has 2 aromatic carbocycles. The summed E-state index contributed by atoms with van der Waals surface area (Å²) >= 11 is 3.37. The quantitative estimate of drug-likeness (QED) is 0.523. The Morgan fingerprint density at radius 2 is 1.86 bits per heavy atom. The first-order valence-corrected chi connectivity index (χ1v) is 9.45. The number of aryl methyl sites for hydroxylation is 1. The van der Waals surface area contributed by atoms with E-state index in [0.717, 1.165) is 21.2 Å². The van der Waals surface area contributed by atoms with Gasteiger partial charge in [-0.2, -0.15) is 0 Å². The number of hydrogen-bond acceptors (Lipinski definition) is 4. The Morgan fingerprint density at radius 3 is 2.57 bits per heavy atom. The van der Waals surface area contributed by atoms with Crippen molar-refractivity contribution >= 4 is 33.8 Å². The normalized spacial score (nSPS) is 11.8. The molecule has 0 fully saturated rings. The average Bonchev–Trinajstić information content (AvgIpc) is 2.68. The second-order valence-corrected chi connectivity index (χ2v) is 7.07. The second-order valence-electron chi connectivity index (χ2n) is 6.16. The van der Waals surface area contributed by atoms with E-state index in [0.29, 0.717) is 11.5 Å². The number of carbonyl (C=O) groups is 2. The van der Waals surface area contributed by atoms with Gasteiger partial charge in [-0.1, -0.05) is 28.1 Å². The van der Waals surface area contributed by atoms with E-state index in [-0.39, 0.29) is 0 Å². The lowest BCUT2D eigenvalue weighted by Gasteiger charge is -2.17. The van der Waals surface area contributed by atoms with Gasteiger partial charge in [0, 0.05) is 16.1 Å². The van der Waals surface area contributed by atoms with Crippen molar-refractivity contribution in [3.8, 4) is 11.5 Å². The SMILES string of the molecule is COc1ccc(Br)cc1/C=C/C(=O)NNC(=O)C(C)Oc1cccc(C)c1C. The van der Waals surface area contributed by atoms with Gasteiger partial charge in [-0.05, 0) is 62.2 Å². The molecule has 0 radical (unpaired) electrons. The molecule has 0 aliphatic rings. The lowest BCUT2D eigenvalue weighted by molar-refractivity contribution is -0.131. The van der Waals surface area contributed by atoms with E-state index in [1.54, 1.807) is 32.2 Å². The van der Waals surface area contributed by atoms with Crippen molar-refractivity contribution in [2.75, 3.05) is 7.11 Å². The van der Waals surface area contributed by atoms with Crippen LogP contribution in [-0.2, 0) is 9.59 Å². The van der Waals surface area contributed by atoms with Gasteiger partial charge in [0.25, 0.3) is 11.8 Å². The third kappa shape index (κ3) is 5.85. The van der Waals surface area contributed by atoms with Gasteiger partial charge < -0.3 is 9.47 Å². The molecule has 0 saturated carbocycles. The van der Waals surface area contributed by atoms with Gasteiger partial charge >= 0.3 is 0 Å². The van der Waals surface area contributed by atoms with Crippen molar-refractivity contribution in [2.45, 2.75) is 26.9 Å². The lowest BCUT2D eigenvalue weighted by atomic mass is 10.1. The van der Waals surface area contributed by atoms with E-state index in [1.807, 2.05) is 38.1 Å². The van der Waals surface area contributed by atoms with Crippen molar-refractivity contribution < 1.29 is 19.1 Å². The molecule has 2 aromatic rings. The molecular weight excluding hydrogens is 424 g/mol. The van der Waals surface area contributed by atoms with Gasteiger partial charge in [-0.3, -0.25) is 20.4 Å². The summed E-state index contributed by atoms with van der Waals surface area (Å²) in [4.78, 5) is 24.1. The number of hydrogen-bond donors (Lipinski definition) is 2. The first-order chi connectivity index (χ1) is 13.3. The van der Waals surface area contributed by atoms with Gasteiger partial charge in [0.2, 0.25) is 0 Å². The third-order valence-electron chi connectivity index (χ3n) is 4.14. The Bertz CT molecular complexity index is 896. The maximum absolute atomic E-state index is 12.2. The summed E-state index contributed by atoms with van der Waals surface area (Å²) in [5.74, 6) is 0.333. The number of ether oxygens (including phenoxy) is 2. The lowest BCUT2D eigenvalue weighted by Crippen LogP contribution is -2.46. The van der Waals surface area contributed by atoms with Crippen LogP contribution >= 0.6 is 15.9 Å². The van der Waals surface area contributed by atoms with Gasteiger partial charge in [0.05, 0.1) is 7.11 Å². The molecule has 0 heterocycles. The highest BCUT2D eigenvalue weighted by Crippen LogP contribution is 2.24. The molecule has 0 spiro atoms. The highest BCUT2D eigenvalue weighted by molar-refractivity contribution is 9.10. The van der Waals surface area contributed by atoms with Gasteiger partial charge in [-0.15, -0.1) is 0 Å². The molecule has 0 saturated heterocycles. The summed E-state index contributed by atoms with van der Waals surface area (Å²) in [6.45, 7) is 5.52. The Morgan fingerprint density at radius 1 is 1.11 bits per heavy atom. The number of benzene rings is 2. The fourth-order valence-corrected chi connectivity index (χ4v) is 2.74. The molecule has 0 aliphatic carbocycles. The summed E-state index contributed by atoms with van der Waals surface area (Å²) in [5.41, 5.74) is 7.47. The second kappa shape index (κ2) is 9.94.